The van der Waals surface area contributed by atoms with Crippen LogP contribution in [-0.2, 0) is 13.0 Å². The Morgan fingerprint density at radius 3 is 2.42 bits per heavy atom. The third kappa shape index (κ3) is 4.84. The van der Waals surface area contributed by atoms with Gasteiger partial charge in [-0.1, -0.05) is 30.3 Å². The summed E-state index contributed by atoms with van der Waals surface area (Å²) in [5, 5.41) is 2.96. The Hall–Kier alpha value is -3.81. The van der Waals surface area contributed by atoms with Crippen molar-refractivity contribution >= 4 is 17.5 Å². The first-order valence-corrected chi connectivity index (χ1v) is 11.0. The van der Waals surface area contributed by atoms with Crippen molar-refractivity contribution in [3.05, 3.63) is 59.8 Å². The maximum absolute atomic E-state index is 13.1. The van der Waals surface area contributed by atoms with E-state index in [0.29, 0.717) is 42.5 Å². The Kier molecular flexibility index (Phi) is 6.63. The minimum absolute atomic E-state index is 0.187. The smallest absolute Gasteiger partial charge is 0.322 e. The van der Waals surface area contributed by atoms with Crippen LogP contribution in [0.5, 0.6) is 11.5 Å². The van der Waals surface area contributed by atoms with Gasteiger partial charge in [0.2, 0.25) is 0 Å². The van der Waals surface area contributed by atoms with Gasteiger partial charge in [-0.2, -0.15) is 0 Å². The molecule has 1 N–H and O–H groups in total. The lowest BCUT2D eigenvalue weighted by molar-refractivity contribution is 0.206. The van der Waals surface area contributed by atoms with Gasteiger partial charge in [-0.15, -0.1) is 0 Å². The molecule has 1 aromatic heterocycles. The first-order valence-electron chi connectivity index (χ1n) is 11.0. The van der Waals surface area contributed by atoms with Crippen molar-refractivity contribution in [1.29, 1.82) is 0 Å². The summed E-state index contributed by atoms with van der Waals surface area (Å²) in [5.41, 5.74) is 3.58. The lowest BCUT2D eigenvalue weighted by Gasteiger charge is -2.31. The number of rotatable bonds is 6. The Balaban J connectivity index is 1.60. The lowest BCUT2D eigenvalue weighted by Crippen LogP contribution is -2.40. The molecule has 0 saturated heterocycles. The number of amides is 2. The first-order chi connectivity index (χ1) is 16.0. The van der Waals surface area contributed by atoms with Gasteiger partial charge in [-0.3, -0.25) is 0 Å². The van der Waals surface area contributed by atoms with Crippen LogP contribution in [-0.4, -0.2) is 55.3 Å². The van der Waals surface area contributed by atoms with Crippen LogP contribution in [0, 0.1) is 0 Å². The molecule has 0 aliphatic carbocycles. The molecule has 0 spiro atoms. The van der Waals surface area contributed by atoms with Gasteiger partial charge in [0, 0.05) is 61.6 Å². The summed E-state index contributed by atoms with van der Waals surface area (Å²) < 4.78 is 10.6. The number of ether oxygens (including phenoxy) is 2. The SMILES string of the molecule is CCN(C)c1nc(-c2ccccc2)nc2c1CN(C(=O)Nc1cc(OC)cc(OC)c1)CC2. The van der Waals surface area contributed by atoms with Crippen molar-refractivity contribution in [3.8, 4) is 22.9 Å². The van der Waals surface area contributed by atoms with Crippen LogP contribution < -0.4 is 19.7 Å². The summed E-state index contributed by atoms with van der Waals surface area (Å²) in [6.45, 7) is 3.89. The van der Waals surface area contributed by atoms with E-state index in [9.17, 15) is 4.79 Å². The quantitative estimate of drug-likeness (QED) is 0.610. The van der Waals surface area contributed by atoms with Crippen molar-refractivity contribution in [2.45, 2.75) is 19.9 Å². The van der Waals surface area contributed by atoms with Gasteiger partial charge in [-0.05, 0) is 6.92 Å². The molecule has 0 bridgehead atoms. The van der Waals surface area contributed by atoms with Crippen molar-refractivity contribution in [3.63, 3.8) is 0 Å². The fourth-order valence-electron chi connectivity index (χ4n) is 3.83. The van der Waals surface area contributed by atoms with Crippen molar-refractivity contribution in [2.75, 3.05) is 44.6 Å². The van der Waals surface area contributed by atoms with Crippen molar-refractivity contribution < 1.29 is 14.3 Å². The van der Waals surface area contributed by atoms with Crippen LogP contribution in [0.15, 0.2) is 48.5 Å². The molecule has 0 unspecified atom stereocenters. The van der Waals surface area contributed by atoms with Gasteiger partial charge in [0.15, 0.2) is 5.82 Å². The van der Waals surface area contributed by atoms with E-state index < -0.39 is 0 Å². The monoisotopic (exact) mass is 447 g/mol. The first kappa shape index (κ1) is 22.4. The maximum atomic E-state index is 13.1. The van der Waals surface area contributed by atoms with Gasteiger partial charge in [0.25, 0.3) is 0 Å². The molecule has 33 heavy (non-hydrogen) atoms. The number of carbonyl (C=O) groups is 1. The van der Waals surface area contributed by atoms with Gasteiger partial charge >= 0.3 is 6.03 Å². The van der Waals surface area contributed by atoms with Crippen LogP contribution in [0.3, 0.4) is 0 Å². The Labute approximate surface area is 194 Å². The Morgan fingerprint density at radius 2 is 1.79 bits per heavy atom. The molecule has 1 aliphatic rings. The number of benzene rings is 2. The fraction of sp³-hybridized carbons (Fsp3) is 0.320. The lowest BCUT2D eigenvalue weighted by atomic mass is 10.0. The van der Waals surface area contributed by atoms with E-state index in [-0.39, 0.29) is 6.03 Å². The summed E-state index contributed by atoms with van der Waals surface area (Å²) in [5.74, 6) is 2.80. The summed E-state index contributed by atoms with van der Waals surface area (Å²) in [6.07, 6.45) is 0.664. The molecular weight excluding hydrogens is 418 g/mol. The zero-order valence-corrected chi connectivity index (χ0v) is 19.5. The van der Waals surface area contributed by atoms with Gasteiger partial charge < -0.3 is 24.6 Å². The molecule has 1 aliphatic heterocycles. The summed E-state index contributed by atoms with van der Waals surface area (Å²) in [4.78, 5) is 26.7. The average molecular weight is 448 g/mol. The molecule has 3 aromatic rings. The number of hydrogen-bond acceptors (Lipinski definition) is 6. The predicted octanol–water partition coefficient (Wildman–Crippen LogP) is 4.21. The number of nitrogens with zero attached hydrogens (tertiary/aromatic N) is 4. The average Bonchev–Trinajstić information content (AvgIpc) is 2.87. The topological polar surface area (TPSA) is 79.8 Å². The number of methoxy groups -OCH3 is 2. The number of hydrogen-bond donors (Lipinski definition) is 1. The highest BCUT2D eigenvalue weighted by Crippen LogP contribution is 2.30. The highest BCUT2D eigenvalue weighted by Gasteiger charge is 2.27. The largest absolute Gasteiger partial charge is 0.497 e. The zero-order chi connectivity index (χ0) is 23.4. The Morgan fingerprint density at radius 1 is 1.09 bits per heavy atom. The predicted molar refractivity (Wildman–Crippen MR) is 129 cm³/mol. The van der Waals surface area contributed by atoms with Crippen LogP contribution >= 0.6 is 0 Å². The third-order valence-electron chi connectivity index (χ3n) is 5.80. The van der Waals surface area contributed by atoms with E-state index in [4.69, 9.17) is 19.4 Å². The van der Waals surface area contributed by atoms with Gasteiger partial charge in [0.05, 0.1) is 26.5 Å². The number of urea groups is 1. The normalized spacial score (nSPS) is 12.7. The molecule has 2 amide bonds. The molecule has 172 valence electrons. The number of fused-ring (bicyclic) bond motifs is 1. The molecule has 0 radical (unpaired) electrons. The molecule has 4 rings (SSSR count). The van der Waals surface area contributed by atoms with Crippen LogP contribution in [0.1, 0.15) is 18.2 Å². The second kappa shape index (κ2) is 9.77. The van der Waals surface area contributed by atoms with E-state index in [2.05, 4.69) is 17.1 Å². The molecule has 8 nitrogen and oxygen atoms in total. The zero-order valence-electron chi connectivity index (χ0n) is 19.5. The number of carbonyl (C=O) groups excluding carboxylic acids is 1. The number of aromatic nitrogens is 2. The second-order valence-corrected chi connectivity index (χ2v) is 7.88. The molecule has 0 fully saturated rings. The van der Waals surface area contributed by atoms with Crippen LogP contribution in [0.2, 0.25) is 0 Å². The molecule has 2 aromatic carbocycles. The van der Waals surface area contributed by atoms with E-state index in [0.717, 1.165) is 29.2 Å². The molecule has 2 heterocycles. The van der Waals surface area contributed by atoms with Gasteiger partial charge in [0.1, 0.15) is 17.3 Å². The highest BCUT2D eigenvalue weighted by atomic mass is 16.5. The van der Waals surface area contributed by atoms with Crippen LogP contribution in [0.25, 0.3) is 11.4 Å². The van der Waals surface area contributed by atoms with E-state index in [1.807, 2.05) is 37.4 Å². The number of nitrogens with one attached hydrogen (secondary N) is 1. The maximum Gasteiger partial charge on any atom is 0.322 e. The van der Waals surface area contributed by atoms with Crippen LogP contribution in [0.4, 0.5) is 16.3 Å². The van der Waals surface area contributed by atoms with Crippen molar-refractivity contribution in [2.24, 2.45) is 0 Å². The summed E-state index contributed by atoms with van der Waals surface area (Å²) in [6, 6.07) is 15.1. The summed E-state index contributed by atoms with van der Waals surface area (Å²) >= 11 is 0. The second-order valence-electron chi connectivity index (χ2n) is 7.88. The molecule has 0 atom stereocenters. The molecular formula is C25H29N5O3. The number of anilines is 2. The minimum atomic E-state index is -0.187. The van der Waals surface area contributed by atoms with Crippen molar-refractivity contribution in [1.82, 2.24) is 14.9 Å². The molecule has 8 heteroatoms. The Bertz CT molecular complexity index is 1110. The summed E-state index contributed by atoms with van der Waals surface area (Å²) in [7, 11) is 5.17. The minimum Gasteiger partial charge on any atom is -0.497 e. The fourth-order valence-corrected chi connectivity index (χ4v) is 3.83. The third-order valence-corrected chi connectivity index (χ3v) is 5.80. The van der Waals surface area contributed by atoms with E-state index in [1.54, 1.807) is 37.3 Å². The highest BCUT2D eigenvalue weighted by molar-refractivity contribution is 5.90. The van der Waals surface area contributed by atoms with E-state index in [1.165, 1.54) is 0 Å². The van der Waals surface area contributed by atoms with E-state index >= 15 is 0 Å². The van der Waals surface area contributed by atoms with Gasteiger partial charge in [-0.25, -0.2) is 14.8 Å². The molecule has 0 saturated carbocycles. The standard InChI is InChI=1S/C25H29N5O3/c1-5-29(2)24-21-16-30(25(31)26-18-13-19(32-3)15-20(14-18)33-4)12-11-22(21)27-23(28-24)17-9-7-6-8-10-17/h6-10,13-15H,5,11-12,16H2,1-4H3,(H,26,31).